The molecule has 0 fully saturated rings. The second-order valence-electron chi connectivity index (χ2n) is 5.31. The van der Waals surface area contributed by atoms with Gasteiger partial charge in [0.05, 0.1) is 5.52 Å². The molecule has 1 aromatic heterocycles. The molecule has 0 unspecified atom stereocenters. The number of benzene rings is 2. The molecule has 3 rings (SSSR count). The number of nitrogens with one attached hydrogen (secondary N) is 2. The van der Waals surface area contributed by atoms with Gasteiger partial charge < -0.3 is 26.5 Å². The largest absolute Gasteiger partial charge is 0.410 e. The van der Waals surface area contributed by atoms with Crippen LogP contribution < -0.4 is 21.5 Å². The minimum absolute atomic E-state index is 0.333. The minimum atomic E-state index is -0.863. The van der Waals surface area contributed by atoms with Crippen LogP contribution in [0.4, 0.5) is 10.5 Å². The Kier molecular flexibility index (Phi) is 4.62. The third-order valence-electron chi connectivity index (χ3n) is 3.53. The summed E-state index contributed by atoms with van der Waals surface area (Å²) in [6, 6.07) is 13.2. The van der Waals surface area contributed by atoms with Crippen molar-refractivity contribution in [2.75, 3.05) is 18.4 Å². The molecule has 1 heterocycles. The molecular weight excluding hydrogens is 306 g/mol. The lowest BCUT2D eigenvalue weighted by atomic mass is 10.2. The Morgan fingerprint density at radius 2 is 2.08 bits per heavy atom. The summed E-state index contributed by atoms with van der Waals surface area (Å²) in [7, 11) is 0. The summed E-state index contributed by atoms with van der Waals surface area (Å²) in [5.74, 6) is 1.02. The van der Waals surface area contributed by atoms with E-state index in [1.165, 1.54) is 0 Å². The number of carbonyl (C=O) groups excluding carboxylic acids is 1. The van der Waals surface area contributed by atoms with Crippen molar-refractivity contribution < 1.29 is 9.53 Å². The number of para-hydroxylation sites is 1. The molecule has 2 aromatic carbocycles. The quantitative estimate of drug-likeness (QED) is 0.519. The SMILES string of the molecule is NCCCNc1cccc(-c2nc3c(OC(N)=O)cccc3[nH]2)c1. The molecule has 1 amide bonds. The number of aromatic amines is 1. The highest BCUT2D eigenvalue weighted by Crippen LogP contribution is 2.28. The summed E-state index contributed by atoms with van der Waals surface area (Å²) in [6.07, 6.45) is 0.0426. The number of imidazole rings is 1. The fourth-order valence-electron chi connectivity index (χ4n) is 2.44. The molecule has 0 aliphatic heterocycles. The molecule has 0 spiro atoms. The first kappa shape index (κ1) is 15.8. The number of nitrogens with two attached hydrogens (primary N) is 2. The number of hydrogen-bond acceptors (Lipinski definition) is 5. The van der Waals surface area contributed by atoms with Crippen LogP contribution in [0.2, 0.25) is 0 Å². The summed E-state index contributed by atoms with van der Waals surface area (Å²) in [6.45, 7) is 1.47. The first-order valence-electron chi connectivity index (χ1n) is 7.68. The van der Waals surface area contributed by atoms with E-state index in [-0.39, 0.29) is 0 Å². The molecule has 24 heavy (non-hydrogen) atoms. The number of amides is 1. The molecule has 0 radical (unpaired) electrons. The van der Waals surface area contributed by atoms with Gasteiger partial charge in [-0.25, -0.2) is 9.78 Å². The number of H-pyrrole nitrogens is 1. The van der Waals surface area contributed by atoms with Crippen molar-refractivity contribution in [3.63, 3.8) is 0 Å². The van der Waals surface area contributed by atoms with Crippen molar-refractivity contribution in [1.29, 1.82) is 0 Å². The van der Waals surface area contributed by atoms with Crippen LogP contribution in [0.3, 0.4) is 0 Å². The molecule has 0 atom stereocenters. The molecule has 0 saturated carbocycles. The molecule has 124 valence electrons. The van der Waals surface area contributed by atoms with Crippen molar-refractivity contribution in [2.24, 2.45) is 11.5 Å². The Hall–Kier alpha value is -3.06. The molecule has 7 heteroatoms. The van der Waals surface area contributed by atoms with Crippen molar-refractivity contribution in [3.8, 4) is 17.1 Å². The Bertz CT molecular complexity index is 859. The van der Waals surface area contributed by atoms with Crippen LogP contribution >= 0.6 is 0 Å². The normalized spacial score (nSPS) is 10.7. The van der Waals surface area contributed by atoms with Gasteiger partial charge in [0.25, 0.3) is 0 Å². The van der Waals surface area contributed by atoms with Crippen LogP contribution in [0.15, 0.2) is 42.5 Å². The lowest BCUT2D eigenvalue weighted by Crippen LogP contribution is -2.16. The maximum Gasteiger partial charge on any atom is 0.410 e. The van der Waals surface area contributed by atoms with E-state index in [4.69, 9.17) is 16.2 Å². The van der Waals surface area contributed by atoms with E-state index in [1.807, 2.05) is 30.3 Å². The van der Waals surface area contributed by atoms with Gasteiger partial charge in [-0.1, -0.05) is 18.2 Å². The number of ether oxygens (including phenoxy) is 1. The lowest BCUT2D eigenvalue weighted by molar-refractivity contribution is 0.211. The van der Waals surface area contributed by atoms with Gasteiger partial charge in [-0.3, -0.25) is 0 Å². The van der Waals surface area contributed by atoms with Gasteiger partial charge in [-0.05, 0) is 37.2 Å². The Morgan fingerprint density at radius 3 is 2.88 bits per heavy atom. The number of aromatic nitrogens is 2. The summed E-state index contributed by atoms with van der Waals surface area (Å²) in [5.41, 5.74) is 13.9. The third-order valence-corrected chi connectivity index (χ3v) is 3.53. The Labute approximate surface area is 139 Å². The maximum absolute atomic E-state index is 11.0. The molecular formula is C17H19N5O2. The first-order valence-corrected chi connectivity index (χ1v) is 7.68. The van der Waals surface area contributed by atoms with Crippen molar-refractivity contribution in [2.45, 2.75) is 6.42 Å². The number of anilines is 1. The van der Waals surface area contributed by atoms with E-state index in [2.05, 4.69) is 15.3 Å². The zero-order valence-electron chi connectivity index (χ0n) is 13.1. The van der Waals surface area contributed by atoms with E-state index < -0.39 is 6.09 Å². The second-order valence-corrected chi connectivity index (χ2v) is 5.31. The summed E-state index contributed by atoms with van der Waals surface area (Å²) in [5, 5.41) is 3.32. The number of nitrogens with zero attached hydrogens (tertiary/aromatic N) is 1. The van der Waals surface area contributed by atoms with Gasteiger partial charge in [0.2, 0.25) is 0 Å². The Morgan fingerprint density at radius 1 is 1.25 bits per heavy atom. The first-order chi connectivity index (χ1) is 11.7. The van der Waals surface area contributed by atoms with Crippen molar-refractivity contribution in [1.82, 2.24) is 9.97 Å². The predicted molar refractivity (Wildman–Crippen MR) is 93.9 cm³/mol. The summed E-state index contributed by atoms with van der Waals surface area (Å²) < 4.78 is 5.00. The van der Waals surface area contributed by atoms with Crippen LogP contribution in [0.25, 0.3) is 22.4 Å². The lowest BCUT2D eigenvalue weighted by Gasteiger charge is -2.06. The topological polar surface area (TPSA) is 119 Å². The molecule has 3 aromatic rings. The van der Waals surface area contributed by atoms with Gasteiger partial charge in [0, 0.05) is 17.8 Å². The molecule has 0 aliphatic carbocycles. The van der Waals surface area contributed by atoms with Crippen LogP contribution in [-0.4, -0.2) is 29.2 Å². The Balaban J connectivity index is 1.92. The molecule has 6 N–H and O–H groups in total. The van der Waals surface area contributed by atoms with Crippen LogP contribution in [0.1, 0.15) is 6.42 Å². The highest BCUT2D eigenvalue weighted by Gasteiger charge is 2.11. The molecule has 0 aliphatic rings. The minimum Gasteiger partial charge on any atom is -0.408 e. The third kappa shape index (κ3) is 3.47. The van der Waals surface area contributed by atoms with Gasteiger partial charge in [-0.15, -0.1) is 0 Å². The smallest absolute Gasteiger partial charge is 0.408 e. The number of rotatable bonds is 6. The average Bonchev–Trinajstić information content (AvgIpc) is 3.00. The van der Waals surface area contributed by atoms with Gasteiger partial charge in [0.15, 0.2) is 5.75 Å². The standard InChI is InChI=1S/C17H19N5O2/c18-8-3-9-20-12-5-1-4-11(10-12)16-21-13-6-2-7-14(15(13)22-16)24-17(19)23/h1-2,4-7,10,20H,3,8-9,18H2,(H2,19,23)(H,21,22). The zero-order valence-corrected chi connectivity index (χ0v) is 13.1. The summed E-state index contributed by atoms with van der Waals surface area (Å²) >= 11 is 0. The number of fused-ring (bicyclic) bond motifs is 1. The van der Waals surface area contributed by atoms with E-state index in [0.717, 1.165) is 29.7 Å². The van der Waals surface area contributed by atoms with Crippen LogP contribution in [-0.2, 0) is 0 Å². The number of primary amides is 1. The van der Waals surface area contributed by atoms with Crippen LogP contribution in [0, 0.1) is 0 Å². The van der Waals surface area contributed by atoms with E-state index in [1.54, 1.807) is 12.1 Å². The van der Waals surface area contributed by atoms with E-state index >= 15 is 0 Å². The van der Waals surface area contributed by atoms with Gasteiger partial charge in [-0.2, -0.15) is 0 Å². The predicted octanol–water partition coefficient (Wildman–Crippen LogP) is 2.45. The zero-order chi connectivity index (χ0) is 16.9. The van der Waals surface area contributed by atoms with Crippen molar-refractivity contribution >= 4 is 22.8 Å². The fraction of sp³-hybridized carbons (Fsp3) is 0.176. The second kappa shape index (κ2) is 7.01. The van der Waals surface area contributed by atoms with Crippen LogP contribution in [0.5, 0.6) is 5.75 Å². The van der Waals surface area contributed by atoms with Crippen molar-refractivity contribution in [3.05, 3.63) is 42.5 Å². The average molecular weight is 325 g/mol. The van der Waals surface area contributed by atoms with Gasteiger partial charge in [0.1, 0.15) is 11.3 Å². The number of hydrogen-bond donors (Lipinski definition) is 4. The molecule has 0 bridgehead atoms. The number of carbonyl (C=O) groups is 1. The monoisotopic (exact) mass is 325 g/mol. The summed E-state index contributed by atoms with van der Waals surface area (Å²) in [4.78, 5) is 18.8. The highest BCUT2D eigenvalue weighted by molar-refractivity contribution is 5.87. The highest BCUT2D eigenvalue weighted by atomic mass is 16.5. The molecule has 7 nitrogen and oxygen atoms in total. The van der Waals surface area contributed by atoms with E-state index in [0.29, 0.717) is 23.6 Å². The fourth-order valence-corrected chi connectivity index (χ4v) is 2.44. The molecule has 0 saturated heterocycles. The van der Waals surface area contributed by atoms with Gasteiger partial charge >= 0.3 is 6.09 Å². The van der Waals surface area contributed by atoms with E-state index in [9.17, 15) is 4.79 Å². The maximum atomic E-state index is 11.0.